The van der Waals surface area contributed by atoms with Gasteiger partial charge in [-0.05, 0) is 56.0 Å². The summed E-state index contributed by atoms with van der Waals surface area (Å²) < 4.78 is 0. The van der Waals surface area contributed by atoms with Crippen LogP contribution in [0.2, 0.25) is 0 Å². The maximum absolute atomic E-state index is 5.74. The van der Waals surface area contributed by atoms with Gasteiger partial charge in [0.1, 0.15) is 0 Å². The first-order chi connectivity index (χ1) is 7.98. The average Bonchev–Trinajstić information content (AvgIpc) is 2.53. The molecule has 0 radical (unpaired) electrons. The Morgan fingerprint density at radius 1 is 1.29 bits per heavy atom. The van der Waals surface area contributed by atoms with Gasteiger partial charge in [0.15, 0.2) is 0 Å². The topological polar surface area (TPSA) is 29.3 Å². The quantitative estimate of drug-likeness (QED) is 0.797. The molecular formula is C15H32N2. The lowest BCUT2D eigenvalue weighted by Gasteiger charge is -2.31. The van der Waals surface area contributed by atoms with Crippen LogP contribution in [0.5, 0.6) is 0 Å². The molecule has 0 spiro atoms. The highest BCUT2D eigenvalue weighted by Gasteiger charge is 2.26. The van der Waals surface area contributed by atoms with Gasteiger partial charge in [0.2, 0.25) is 0 Å². The Bertz CT molecular complexity index is 213. The number of likely N-dealkylation sites (tertiary alicyclic amines) is 1. The Balaban J connectivity index is 2.44. The van der Waals surface area contributed by atoms with E-state index in [1.807, 2.05) is 0 Å². The fourth-order valence-electron chi connectivity index (χ4n) is 3.12. The normalized spacial score (nSPS) is 25.6. The molecule has 1 saturated heterocycles. The largest absolute Gasteiger partial charge is 0.318 e. The summed E-state index contributed by atoms with van der Waals surface area (Å²) >= 11 is 0. The molecule has 2 heteroatoms. The third-order valence-electron chi connectivity index (χ3n) is 4.76. The SMILES string of the molecule is CCC(C)(C)CC(C)C1CCCN(CN)CC1. The lowest BCUT2D eigenvalue weighted by atomic mass is 9.75. The molecule has 1 aliphatic heterocycles. The summed E-state index contributed by atoms with van der Waals surface area (Å²) in [6.45, 7) is 12.7. The standard InChI is InChI=1S/C15H32N2/c1-5-15(3,4)11-13(2)14-7-6-9-17(12-16)10-8-14/h13-14H,5-12,16H2,1-4H3. The summed E-state index contributed by atoms with van der Waals surface area (Å²) in [5, 5.41) is 0. The van der Waals surface area contributed by atoms with Gasteiger partial charge < -0.3 is 5.73 Å². The summed E-state index contributed by atoms with van der Waals surface area (Å²) in [6.07, 6.45) is 6.74. The van der Waals surface area contributed by atoms with Crippen molar-refractivity contribution in [2.45, 2.75) is 59.8 Å². The molecule has 102 valence electrons. The van der Waals surface area contributed by atoms with Crippen molar-refractivity contribution in [1.29, 1.82) is 0 Å². The molecule has 0 aromatic rings. The van der Waals surface area contributed by atoms with E-state index in [1.54, 1.807) is 0 Å². The molecule has 1 fully saturated rings. The first kappa shape index (κ1) is 15.0. The summed E-state index contributed by atoms with van der Waals surface area (Å²) in [5.41, 5.74) is 6.26. The molecule has 0 saturated carbocycles. The van der Waals surface area contributed by atoms with Crippen molar-refractivity contribution in [2.75, 3.05) is 19.8 Å². The summed E-state index contributed by atoms with van der Waals surface area (Å²) in [5.74, 6) is 1.78. The van der Waals surface area contributed by atoms with Crippen LogP contribution in [0.4, 0.5) is 0 Å². The van der Waals surface area contributed by atoms with Gasteiger partial charge in [-0.2, -0.15) is 0 Å². The third kappa shape index (κ3) is 4.97. The molecule has 0 aliphatic carbocycles. The van der Waals surface area contributed by atoms with E-state index in [9.17, 15) is 0 Å². The predicted octanol–water partition coefficient (Wildman–Crippen LogP) is 3.47. The van der Waals surface area contributed by atoms with Gasteiger partial charge in [-0.25, -0.2) is 0 Å². The van der Waals surface area contributed by atoms with Crippen LogP contribution >= 0.6 is 0 Å². The molecule has 17 heavy (non-hydrogen) atoms. The van der Waals surface area contributed by atoms with Crippen LogP contribution in [0.25, 0.3) is 0 Å². The van der Waals surface area contributed by atoms with Gasteiger partial charge in [0.05, 0.1) is 0 Å². The molecule has 2 atom stereocenters. The van der Waals surface area contributed by atoms with Crippen LogP contribution in [0.3, 0.4) is 0 Å². The Hall–Kier alpha value is -0.0800. The van der Waals surface area contributed by atoms with Crippen LogP contribution in [0.15, 0.2) is 0 Å². The van der Waals surface area contributed by atoms with Gasteiger partial charge in [-0.15, -0.1) is 0 Å². The van der Waals surface area contributed by atoms with E-state index < -0.39 is 0 Å². The van der Waals surface area contributed by atoms with Crippen LogP contribution < -0.4 is 5.73 Å². The van der Waals surface area contributed by atoms with Crippen molar-refractivity contribution < 1.29 is 0 Å². The van der Waals surface area contributed by atoms with E-state index in [0.717, 1.165) is 18.5 Å². The van der Waals surface area contributed by atoms with Crippen molar-refractivity contribution in [2.24, 2.45) is 23.0 Å². The Kier molecular flexibility index (Phi) is 5.94. The molecule has 0 bridgehead atoms. The fraction of sp³-hybridized carbons (Fsp3) is 1.00. The number of hydrogen-bond acceptors (Lipinski definition) is 2. The highest BCUT2D eigenvalue weighted by Crippen LogP contribution is 2.35. The second-order valence-electron chi connectivity index (χ2n) is 6.69. The summed E-state index contributed by atoms with van der Waals surface area (Å²) in [7, 11) is 0. The Morgan fingerprint density at radius 2 is 2.00 bits per heavy atom. The molecule has 1 heterocycles. The summed E-state index contributed by atoms with van der Waals surface area (Å²) in [6, 6.07) is 0. The van der Waals surface area contributed by atoms with Gasteiger partial charge in [0, 0.05) is 6.67 Å². The van der Waals surface area contributed by atoms with E-state index in [4.69, 9.17) is 5.73 Å². The first-order valence-corrected chi connectivity index (χ1v) is 7.41. The summed E-state index contributed by atoms with van der Waals surface area (Å²) in [4.78, 5) is 2.40. The minimum Gasteiger partial charge on any atom is -0.318 e. The second-order valence-corrected chi connectivity index (χ2v) is 6.69. The molecule has 0 amide bonds. The maximum atomic E-state index is 5.74. The molecule has 0 aromatic heterocycles. The molecule has 2 N–H and O–H groups in total. The minimum absolute atomic E-state index is 0.513. The zero-order valence-corrected chi connectivity index (χ0v) is 12.3. The number of rotatable bonds is 5. The molecule has 2 nitrogen and oxygen atoms in total. The van der Waals surface area contributed by atoms with Crippen LogP contribution in [-0.2, 0) is 0 Å². The highest BCUT2D eigenvalue weighted by molar-refractivity contribution is 4.78. The lowest BCUT2D eigenvalue weighted by molar-refractivity contribution is 0.198. The zero-order chi connectivity index (χ0) is 12.9. The van der Waals surface area contributed by atoms with Crippen molar-refractivity contribution >= 4 is 0 Å². The third-order valence-corrected chi connectivity index (χ3v) is 4.76. The van der Waals surface area contributed by atoms with Crippen LogP contribution in [0.1, 0.15) is 59.8 Å². The monoisotopic (exact) mass is 240 g/mol. The number of nitrogens with two attached hydrogens (primary N) is 1. The van der Waals surface area contributed by atoms with E-state index in [2.05, 4.69) is 32.6 Å². The molecule has 2 unspecified atom stereocenters. The van der Waals surface area contributed by atoms with Crippen LogP contribution in [0, 0.1) is 17.3 Å². The number of hydrogen-bond donors (Lipinski definition) is 1. The Morgan fingerprint density at radius 3 is 2.59 bits per heavy atom. The van der Waals surface area contributed by atoms with Crippen molar-refractivity contribution in [1.82, 2.24) is 4.90 Å². The van der Waals surface area contributed by atoms with Gasteiger partial charge >= 0.3 is 0 Å². The molecule has 1 rings (SSSR count). The highest BCUT2D eigenvalue weighted by atomic mass is 15.2. The lowest BCUT2D eigenvalue weighted by Crippen LogP contribution is -2.31. The van der Waals surface area contributed by atoms with Crippen molar-refractivity contribution in [3.63, 3.8) is 0 Å². The van der Waals surface area contributed by atoms with Gasteiger partial charge in [-0.1, -0.05) is 34.1 Å². The predicted molar refractivity (Wildman–Crippen MR) is 75.8 cm³/mol. The van der Waals surface area contributed by atoms with Gasteiger partial charge in [0.25, 0.3) is 0 Å². The average molecular weight is 240 g/mol. The second kappa shape index (κ2) is 6.75. The molecular weight excluding hydrogens is 208 g/mol. The molecule has 1 aliphatic rings. The van der Waals surface area contributed by atoms with E-state index in [0.29, 0.717) is 5.41 Å². The fourth-order valence-corrected chi connectivity index (χ4v) is 3.12. The van der Waals surface area contributed by atoms with E-state index in [-0.39, 0.29) is 0 Å². The maximum Gasteiger partial charge on any atom is 0.0455 e. The zero-order valence-electron chi connectivity index (χ0n) is 12.3. The van der Waals surface area contributed by atoms with Crippen LogP contribution in [-0.4, -0.2) is 24.7 Å². The Labute approximate surface area is 108 Å². The van der Waals surface area contributed by atoms with Gasteiger partial charge in [-0.3, -0.25) is 4.90 Å². The van der Waals surface area contributed by atoms with E-state index >= 15 is 0 Å². The first-order valence-electron chi connectivity index (χ1n) is 7.41. The minimum atomic E-state index is 0.513. The number of nitrogens with zero attached hydrogens (tertiary/aromatic N) is 1. The molecule has 0 aromatic carbocycles. The van der Waals surface area contributed by atoms with Crippen molar-refractivity contribution in [3.8, 4) is 0 Å². The smallest absolute Gasteiger partial charge is 0.0455 e. The van der Waals surface area contributed by atoms with Crippen molar-refractivity contribution in [3.05, 3.63) is 0 Å². The van der Waals surface area contributed by atoms with E-state index in [1.165, 1.54) is 45.2 Å².